The number of alkyl halides is 2. The standard InChI is InChI=1S/C16H22I2N4O6/c1-2-5-20(8-9-23)16(24)13-10-12(21(25)26)11-14(22(27)28)15(13)19(6-3-17)7-4-18/h10-11,23H,2-9H2,1H3. The topological polar surface area (TPSA) is 130 Å². The first kappa shape index (κ1) is 24.7. The smallest absolute Gasteiger partial charge is 0.300 e. The highest BCUT2D eigenvalue weighted by Crippen LogP contribution is 2.37. The number of nitro groups is 2. The van der Waals surface area contributed by atoms with Crippen LogP contribution in [-0.4, -0.2) is 67.4 Å². The molecule has 0 heterocycles. The minimum absolute atomic E-state index is 0.0428. The molecule has 1 rings (SSSR count). The Labute approximate surface area is 189 Å². The number of nitrogens with zero attached hydrogens (tertiary/aromatic N) is 4. The molecular formula is C16H22I2N4O6. The molecule has 156 valence electrons. The summed E-state index contributed by atoms with van der Waals surface area (Å²) in [5.74, 6) is -0.565. The van der Waals surface area contributed by atoms with Gasteiger partial charge in [-0.3, -0.25) is 25.0 Å². The monoisotopic (exact) mass is 620 g/mol. The Morgan fingerprint density at radius 1 is 1.07 bits per heavy atom. The van der Waals surface area contributed by atoms with Gasteiger partial charge in [-0.2, -0.15) is 0 Å². The summed E-state index contributed by atoms with van der Waals surface area (Å²) in [7, 11) is 0. The van der Waals surface area contributed by atoms with Crippen molar-refractivity contribution >= 4 is 68.2 Å². The van der Waals surface area contributed by atoms with Gasteiger partial charge in [0.15, 0.2) is 0 Å². The van der Waals surface area contributed by atoms with Gasteiger partial charge < -0.3 is 14.9 Å². The summed E-state index contributed by atoms with van der Waals surface area (Å²) in [5, 5.41) is 32.3. The molecule has 0 aliphatic rings. The number of aliphatic hydroxyl groups excluding tert-OH is 1. The number of benzene rings is 1. The first-order chi connectivity index (χ1) is 13.3. The Morgan fingerprint density at radius 2 is 1.68 bits per heavy atom. The molecule has 0 aliphatic heterocycles. The molecule has 1 N–H and O–H groups in total. The van der Waals surface area contributed by atoms with Crippen molar-refractivity contribution in [3.63, 3.8) is 0 Å². The summed E-state index contributed by atoms with van der Waals surface area (Å²) in [6.45, 7) is 2.86. The van der Waals surface area contributed by atoms with Crippen LogP contribution in [0.15, 0.2) is 12.1 Å². The maximum absolute atomic E-state index is 13.1. The Kier molecular flexibility index (Phi) is 10.9. The number of amides is 1. The average molecular weight is 620 g/mol. The number of nitro benzene ring substituents is 2. The van der Waals surface area contributed by atoms with E-state index < -0.39 is 27.1 Å². The summed E-state index contributed by atoms with van der Waals surface area (Å²) < 4.78 is 1.32. The third-order valence-corrected chi connectivity index (χ3v) is 4.85. The molecule has 0 saturated heterocycles. The molecule has 0 aliphatic carbocycles. The molecule has 1 aromatic rings. The van der Waals surface area contributed by atoms with Crippen LogP contribution in [0, 0.1) is 20.2 Å². The second kappa shape index (κ2) is 12.3. The lowest BCUT2D eigenvalue weighted by Crippen LogP contribution is -2.37. The highest BCUT2D eigenvalue weighted by molar-refractivity contribution is 14.1. The van der Waals surface area contributed by atoms with Crippen molar-refractivity contribution < 1.29 is 19.7 Å². The molecule has 0 saturated carbocycles. The minimum atomic E-state index is -0.745. The number of halogens is 2. The van der Waals surface area contributed by atoms with Gasteiger partial charge in [0, 0.05) is 41.1 Å². The van der Waals surface area contributed by atoms with Crippen molar-refractivity contribution in [2.75, 3.05) is 46.5 Å². The Hall–Kier alpha value is -1.29. The van der Waals surface area contributed by atoms with Gasteiger partial charge in [-0.25, -0.2) is 0 Å². The van der Waals surface area contributed by atoms with Gasteiger partial charge in [0.25, 0.3) is 17.3 Å². The van der Waals surface area contributed by atoms with E-state index in [-0.39, 0.29) is 24.4 Å². The molecule has 10 nitrogen and oxygen atoms in total. The maximum Gasteiger partial charge on any atom is 0.300 e. The van der Waals surface area contributed by atoms with E-state index in [4.69, 9.17) is 0 Å². The van der Waals surface area contributed by atoms with E-state index in [1.54, 1.807) is 4.90 Å². The number of non-ortho nitro benzene ring substituents is 1. The molecular weight excluding hydrogens is 598 g/mol. The Morgan fingerprint density at radius 3 is 2.11 bits per heavy atom. The predicted octanol–water partition coefficient (Wildman–Crippen LogP) is 3.02. The third-order valence-electron chi connectivity index (χ3n) is 3.89. The van der Waals surface area contributed by atoms with Crippen molar-refractivity contribution in [3.8, 4) is 0 Å². The molecule has 1 amide bonds. The third kappa shape index (κ3) is 6.37. The summed E-state index contributed by atoms with van der Waals surface area (Å²) in [4.78, 5) is 37.8. The number of hydrogen-bond acceptors (Lipinski definition) is 7. The maximum atomic E-state index is 13.1. The van der Waals surface area contributed by atoms with Gasteiger partial charge in [-0.05, 0) is 6.42 Å². The summed E-state index contributed by atoms with van der Waals surface area (Å²) in [6.07, 6.45) is 0.614. The van der Waals surface area contributed by atoms with Gasteiger partial charge in [-0.1, -0.05) is 52.1 Å². The molecule has 12 heteroatoms. The highest BCUT2D eigenvalue weighted by atomic mass is 127. The zero-order valence-corrected chi connectivity index (χ0v) is 19.7. The summed E-state index contributed by atoms with van der Waals surface area (Å²) in [5.41, 5.74) is -0.971. The Bertz CT molecular complexity index is 707. The predicted molar refractivity (Wildman–Crippen MR) is 123 cm³/mol. The van der Waals surface area contributed by atoms with Crippen LogP contribution in [0.4, 0.5) is 17.1 Å². The van der Waals surface area contributed by atoms with E-state index in [1.165, 1.54) is 4.90 Å². The van der Waals surface area contributed by atoms with Gasteiger partial charge in [0.05, 0.1) is 28.1 Å². The SMILES string of the molecule is CCCN(CCO)C(=O)c1cc([N+](=O)[O-])cc([N+](=O)[O-])c1N(CCI)CCI. The lowest BCUT2D eigenvalue weighted by molar-refractivity contribution is -0.393. The van der Waals surface area contributed by atoms with Crippen molar-refractivity contribution in [2.45, 2.75) is 13.3 Å². The van der Waals surface area contributed by atoms with Crippen molar-refractivity contribution in [1.82, 2.24) is 4.90 Å². The van der Waals surface area contributed by atoms with E-state index in [9.17, 15) is 30.1 Å². The van der Waals surface area contributed by atoms with Crippen LogP contribution in [0.3, 0.4) is 0 Å². The average Bonchev–Trinajstić information content (AvgIpc) is 2.65. The summed E-state index contributed by atoms with van der Waals surface area (Å²) >= 11 is 4.27. The van der Waals surface area contributed by atoms with Gasteiger partial charge >= 0.3 is 0 Å². The van der Waals surface area contributed by atoms with E-state index in [2.05, 4.69) is 45.2 Å². The van der Waals surface area contributed by atoms with Crippen LogP contribution in [0.1, 0.15) is 23.7 Å². The number of hydrogen-bond donors (Lipinski definition) is 1. The van der Waals surface area contributed by atoms with Crippen LogP contribution in [0.25, 0.3) is 0 Å². The normalized spacial score (nSPS) is 10.6. The number of aliphatic hydroxyl groups is 1. The largest absolute Gasteiger partial charge is 0.395 e. The minimum Gasteiger partial charge on any atom is -0.395 e. The van der Waals surface area contributed by atoms with Crippen LogP contribution < -0.4 is 4.90 Å². The van der Waals surface area contributed by atoms with Crippen LogP contribution in [0.2, 0.25) is 0 Å². The molecule has 0 fully saturated rings. The fourth-order valence-corrected chi connectivity index (χ4v) is 3.92. The van der Waals surface area contributed by atoms with Crippen LogP contribution in [0.5, 0.6) is 0 Å². The van der Waals surface area contributed by atoms with Gasteiger partial charge in [0.2, 0.25) is 0 Å². The molecule has 28 heavy (non-hydrogen) atoms. The molecule has 0 aromatic heterocycles. The van der Waals surface area contributed by atoms with Crippen molar-refractivity contribution in [2.24, 2.45) is 0 Å². The Balaban J connectivity index is 3.74. The lowest BCUT2D eigenvalue weighted by Gasteiger charge is -2.27. The first-order valence-corrected chi connectivity index (χ1v) is 11.6. The molecule has 0 radical (unpaired) electrons. The zero-order valence-electron chi connectivity index (χ0n) is 15.3. The van der Waals surface area contributed by atoms with Crippen molar-refractivity contribution in [3.05, 3.63) is 37.9 Å². The quantitative estimate of drug-likeness (QED) is 0.165. The number of carbonyl (C=O) groups is 1. The molecule has 0 bridgehead atoms. The second-order valence-corrected chi connectivity index (χ2v) is 7.91. The fraction of sp³-hybridized carbons (Fsp3) is 0.562. The highest BCUT2D eigenvalue weighted by Gasteiger charge is 2.32. The molecule has 0 spiro atoms. The van der Waals surface area contributed by atoms with Crippen molar-refractivity contribution in [1.29, 1.82) is 0 Å². The van der Waals surface area contributed by atoms with E-state index in [0.717, 1.165) is 12.1 Å². The van der Waals surface area contributed by atoms with Gasteiger partial charge in [-0.15, -0.1) is 0 Å². The number of carbonyl (C=O) groups excluding carboxylic acids is 1. The molecule has 0 atom stereocenters. The number of anilines is 1. The van der Waals surface area contributed by atoms with E-state index in [1.807, 2.05) is 6.92 Å². The molecule has 1 aromatic carbocycles. The van der Waals surface area contributed by atoms with Crippen LogP contribution in [-0.2, 0) is 0 Å². The zero-order chi connectivity index (χ0) is 21.3. The van der Waals surface area contributed by atoms with E-state index in [0.29, 0.717) is 34.9 Å². The van der Waals surface area contributed by atoms with E-state index >= 15 is 0 Å². The second-order valence-electron chi connectivity index (χ2n) is 5.76. The van der Waals surface area contributed by atoms with Crippen LogP contribution >= 0.6 is 45.2 Å². The lowest BCUT2D eigenvalue weighted by atomic mass is 10.1. The summed E-state index contributed by atoms with van der Waals surface area (Å²) in [6, 6.07) is 1.99. The molecule has 0 unspecified atom stereocenters. The fourth-order valence-electron chi connectivity index (χ4n) is 2.76. The van der Waals surface area contributed by atoms with Gasteiger partial charge in [0.1, 0.15) is 5.69 Å². The number of rotatable bonds is 12. The first-order valence-electron chi connectivity index (χ1n) is 8.56.